The van der Waals surface area contributed by atoms with Crippen molar-refractivity contribution >= 4 is 12.0 Å². The van der Waals surface area contributed by atoms with Gasteiger partial charge in [0.25, 0.3) is 5.91 Å². The minimum absolute atomic E-state index is 0.248. The summed E-state index contributed by atoms with van der Waals surface area (Å²) in [6, 6.07) is 3.53. The lowest BCUT2D eigenvalue weighted by Gasteiger charge is -2.12. The van der Waals surface area contributed by atoms with Crippen molar-refractivity contribution in [2.75, 3.05) is 7.11 Å². The highest BCUT2D eigenvalue weighted by atomic mass is 16.5. The largest absolute Gasteiger partial charge is 0.481 e. The number of aryl methyl sites for hydroxylation is 1. The number of rotatable bonds is 2. The minimum atomic E-state index is -0.453. The van der Waals surface area contributed by atoms with E-state index < -0.39 is 5.92 Å². The molecule has 0 bridgehead atoms. The van der Waals surface area contributed by atoms with Gasteiger partial charge in [0.2, 0.25) is 5.88 Å². The van der Waals surface area contributed by atoms with Crippen LogP contribution in [-0.2, 0) is 4.79 Å². The number of aromatic nitrogens is 3. The van der Waals surface area contributed by atoms with Crippen LogP contribution in [0.2, 0.25) is 0 Å². The molecule has 0 saturated heterocycles. The van der Waals surface area contributed by atoms with Gasteiger partial charge in [-0.05, 0) is 12.5 Å². The zero-order valence-corrected chi connectivity index (χ0v) is 11.1. The first-order valence-electron chi connectivity index (χ1n) is 6.11. The second kappa shape index (κ2) is 4.80. The molecule has 2 aromatic heterocycles. The summed E-state index contributed by atoms with van der Waals surface area (Å²) in [4.78, 5) is 28.4. The zero-order chi connectivity index (χ0) is 14.1. The van der Waals surface area contributed by atoms with E-state index in [2.05, 4.69) is 19.9 Å². The van der Waals surface area contributed by atoms with Crippen molar-refractivity contribution in [3.63, 3.8) is 0 Å². The van der Waals surface area contributed by atoms with Crippen LogP contribution in [0.3, 0.4) is 0 Å². The van der Waals surface area contributed by atoms with Crippen LogP contribution in [0.15, 0.2) is 29.6 Å². The maximum absolute atomic E-state index is 12.1. The van der Waals surface area contributed by atoms with E-state index in [1.807, 2.05) is 19.1 Å². The van der Waals surface area contributed by atoms with Gasteiger partial charge in [0.15, 0.2) is 5.49 Å². The predicted octanol–water partition coefficient (Wildman–Crippen LogP) is -0.0873. The third-order valence-corrected chi connectivity index (χ3v) is 3.21. The molecule has 0 radical (unpaired) electrons. The minimum Gasteiger partial charge on any atom is -0.481 e. The van der Waals surface area contributed by atoms with Crippen LogP contribution in [0.5, 0.6) is 5.88 Å². The Hall–Kier alpha value is -2.63. The van der Waals surface area contributed by atoms with Gasteiger partial charge in [-0.1, -0.05) is 12.1 Å². The van der Waals surface area contributed by atoms with Crippen molar-refractivity contribution in [2.24, 2.45) is 4.99 Å². The SMILES string of the molecule is COc1ccc(C2C=c3c(C)ncnc3=NC2=O)cn1. The number of nitrogens with zero attached hydrogens (tertiary/aromatic N) is 4. The number of fused-ring (bicyclic) bond motifs is 1. The van der Waals surface area contributed by atoms with Crippen molar-refractivity contribution in [1.82, 2.24) is 15.0 Å². The summed E-state index contributed by atoms with van der Waals surface area (Å²) in [5, 5.41) is 0.799. The molecule has 100 valence electrons. The highest BCUT2D eigenvalue weighted by Crippen LogP contribution is 2.21. The molecule has 0 spiro atoms. The molecule has 3 heterocycles. The number of hydrogen-bond donors (Lipinski definition) is 0. The van der Waals surface area contributed by atoms with E-state index in [1.54, 1.807) is 19.4 Å². The van der Waals surface area contributed by atoms with Gasteiger partial charge < -0.3 is 4.74 Å². The number of pyridine rings is 1. The Morgan fingerprint density at radius 3 is 2.75 bits per heavy atom. The van der Waals surface area contributed by atoms with Crippen molar-refractivity contribution in [2.45, 2.75) is 12.8 Å². The fourth-order valence-corrected chi connectivity index (χ4v) is 2.10. The van der Waals surface area contributed by atoms with Crippen LogP contribution in [0.1, 0.15) is 17.2 Å². The van der Waals surface area contributed by atoms with Crippen LogP contribution in [0.4, 0.5) is 0 Å². The quantitative estimate of drug-likeness (QED) is 0.761. The Morgan fingerprint density at radius 1 is 1.20 bits per heavy atom. The molecule has 0 aromatic carbocycles. The van der Waals surface area contributed by atoms with E-state index in [1.165, 1.54) is 6.33 Å². The van der Waals surface area contributed by atoms with Crippen LogP contribution in [0.25, 0.3) is 6.08 Å². The average molecular weight is 268 g/mol. The van der Waals surface area contributed by atoms with Crippen molar-refractivity contribution < 1.29 is 9.53 Å². The van der Waals surface area contributed by atoms with Gasteiger partial charge in [-0.15, -0.1) is 0 Å². The summed E-state index contributed by atoms with van der Waals surface area (Å²) >= 11 is 0. The number of methoxy groups -OCH3 is 1. The highest BCUT2D eigenvalue weighted by Gasteiger charge is 2.21. The topological polar surface area (TPSA) is 77.3 Å². The molecule has 2 aromatic rings. The third-order valence-electron chi connectivity index (χ3n) is 3.21. The Morgan fingerprint density at radius 2 is 2.05 bits per heavy atom. The van der Waals surface area contributed by atoms with Gasteiger partial charge in [0.1, 0.15) is 6.33 Å². The molecule has 0 saturated carbocycles. The number of carbonyl (C=O) groups excluding carboxylic acids is 1. The second-order valence-electron chi connectivity index (χ2n) is 4.42. The first-order valence-corrected chi connectivity index (χ1v) is 6.11. The molecule has 20 heavy (non-hydrogen) atoms. The summed E-state index contributed by atoms with van der Waals surface area (Å²) < 4.78 is 5.01. The smallest absolute Gasteiger partial charge is 0.259 e. The molecule has 1 aliphatic heterocycles. The first kappa shape index (κ1) is 12.4. The Balaban J connectivity index is 2.11. The lowest BCUT2D eigenvalue weighted by Crippen LogP contribution is -2.38. The molecule has 1 unspecified atom stereocenters. The van der Waals surface area contributed by atoms with Gasteiger partial charge >= 0.3 is 0 Å². The number of carbonyl (C=O) groups is 1. The van der Waals surface area contributed by atoms with Crippen LogP contribution >= 0.6 is 0 Å². The van der Waals surface area contributed by atoms with E-state index >= 15 is 0 Å². The normalized spacial score (nSPS) is 16.9. The van der Waals surface area contributed by atoms with Crippen LogP contribution < -0.4 is 15.4 Å². The Bertz CT molecular complexity index is 784. The third kappa shape index (κ3) is 2.05. The fourth-order valence-electron chi connectivity index (χ4n) is 2.10. The maximum Gasteiger partial charge on any atom is 0.259 e. The van der Waals surface area contributed by atoms with Crippen LogP contribution in [0, 0.1) is 6.92 Å². The molecular formula is C14H12N4O2. The number of hydrogen-bond acceptors (Lipinski definition) is 5. The monoisotopic (exact) mass is 268 g/mol. The Labute approximate surface area is 114 Å². The van der Waals surface area contributed by atoms with E-state index in [4.69, 9.17) is 4.74 Å². The van der Waals surface area contributed by atoms with Gasteiger partial charge in [0, 0.05) is 23.2 Å². The molecule has 1 amide bonds. The summed E-state index contributed by atoms with van der Waals surface area (Å²) in [5.74, 6) is -0.193. The summed E-state index contributed by atoms with van der Waals surface area (Å²) in [7, 11) is 1.55. The van der Waals surface area contributed by atoms with Gasteiger partial charge in [0.05, 0.1) is 13.0 Å². The molecule has 6 nitrogen and oxygen atoms in total. The second-order valence-corrected chi connectivity index (χ2v) is 4.42. The fraction of sp³-hybridized carbons (Fsp3) is 0.214. The first-order chi connectivity index (χ1) is 9.69. The lowest BCUT2D eigenvalue weighted by molar-refractivity contribution is -0.118. The maximum atomic E-state index is 12.1. The van der Waals surface area contributed by atoms with Gasteiger partial charge in [-0.25, -0.2) is 15.0 Å². The molecule has 1 aliphatic rings. The van der Waals surface area contributed by atoms with E-state index in [9.17, 15) is 4.79 Å². The van der Waals surface area contributed by atoms with E-state index in [0.717, 1.165) is 16.5 Å². The van der Waals surface area contributed by atoms with Crippen molar-refractivity contribution in [3.8, 4) is 5.88 Å². The molecule has 0 N–H and O–H groups in total. The molecule has 1 atom stereocenters. The lowest BCUT2D eigenvalue weighted by atomic mass is 9.97. The Kier molecular flexibility index (Phi) is 2.98. The van der Waals surface area contributed by atoms with Crippen LogP contribution in [-0.4, -0.2) is 28.0 Å². The van der Waals surface area contributed by atoms with E-state index in [-0.39, 0.29) is 5.91 Å². The molecule has 6 heteroatoms. The molecular weight excluding hydrogens is 256 g/mol. The standard InChI is InChI=1S/C14H12N4O2/c1-8-10-5-11(9-3-4-12(20-2)15-6-9)14(19)18-13(10)17-7-16-8/h3-7,11H,1-2H3. The average Bonchev–Trinajstić information content (AvgIpc) is 2.47. The summed E-state index contributed by atoms with van der Waals surface area (Å²) in [6.45, 7) is 1.87. The number of amides is 1. The van der Waals surface area contributed by atoms with Gasteiger partial charge in [-0.2, -0.15) is 4.99 Å². The van der Waals surface area contributed by atoms with Crippen molar-refractivity contribution in [3.05, 3.63) is 46.6 Å². The highest BCUT2D eigenvalue weighted by molar-refractivity contribution is 5.91. The summed E-state index contributed by atoms with van der Waals surface area (Å²) in [6.07, 6.45) is 4.87. The number of ether oxygens (including phenoxy) is 1. The summed E-state index contributed by atoms with van der Waals surface area (Å²) in [5.41, 5.74) is 2.01. The van der Waals surface area contributed by atoms with Gasteiger partial charge in [-0.3, -0.25) is 4.79 Å². The zero-order valence-electron chi connectivity index (χ0n) is 11.1. The van der Waals surface area contributed by atoms with E-state index in [0.29, 0.717) is 11.4 Å². The molecule has 0 fully saturated rings. The molecule has 0 aliphatic carbocycles. The molecule has 3 rings (SSSR count). The predicted molar refractivity (Wildman–Crippen MR) is 70.6 cm³/mol. The van der Waals surface area contributed by atoms with Crippen molar-refractivity contribution in [1.29, 1.82) is 0 Å².